The van der Waals surface area contributed by atoms with E-state index in [9.17, 15) is 9.65 Å². The lowest BCUT2D eigenvalue weighted by molar-refractivity contribution is 0.627. The number of halogens is 1. The number of nitrogens with zero attached hydrogens (tertiary/aromatic N) is 3. The fourth-order valence-corrected chi connectivity index (χ4v) is 7.23. The first-order valence-electron chi connectivity index (χ1n) is 14.1. The average molecular weight is 537 g/mol. The molecule has 0 spiro atoms. The van der Waals surface area contributed by atoms with E-state index in [0.29, 0.717) is 11.1 Å². The molecule has 0 unspecified atom stereocenters. The van der Waals surface area contributed by atoms with Crippen molar-refractivity contribution in [3.8, 4) is 22.9 Å². The minimum Gasteiger partial charge on any atom is -0.311 e. The molecule has 0 amide bonds. The van der Waals surface area contributed by atoms with E-state index in [0.717, 1.165) is 33.8 Å². The third-order valence-electron chi connectivity index (χ3n) is 8.86. The first-order valence-corrected chi connectivity index (χ1v) is 14.1. The number of benzene rings is 6. The van der Waals surface area contributed by atoms with Crippen LogP contribution >= 0.6 is 0 Å². The molecule has 5 heteroatoms. The van der Waals surface area contributed by atoms with Crippen LogP contribution in [0, 0.1) is 17.1 Å². The van der Waals surface area contributed by atoms with Gasteiger partial charge in [-0.1, -0.05) is 78.9 Å². The predicted octanol–water partition coefficient (Wildman–Crippen LogP) is 7.07. The van der Waals surface area contributed by atoms with Gasteiger partial charge in [0.1, 0.15) is 5.82 Å². The van der Waals surface area contributed by atoms with Crippen LogP contribution in [0.5, 0.6) is 0 Å². The zero-order chi connectivity index (χ0) is 27.9. The number of para-hydroxylation sites is 4. The molecule has 0 saturated heterocycles. The monoisotopic (exact) mass is 537 g/mol. The van der Waals surface area contributed by atoms with Gasteiger partial charge in [0.2, 0.25) is 0 Å². The molecule has 1 aromatic heterocycles. The summed E-state index contributed by atoms with van der Waals surface area (Å²) in [7, 11) is 0. The van der Waals surface area contributed by atoms with Crippen molar-refractivity contribution >= 4 is 62.0 Å². The van der Waals surface area contributed by atoms with Crippen LogP contribution in [0.3, 0.4) is 0 Å². The summed E-state index contributed by atoms with van der Waals surface area (Å²) in [6.45, 7) is 0.0318. The fraction of sp³-hybridized carbons (Fsp3) is 0. The lowest BCUT2D eigenvalue weighted by atomic mass is 9.33. The van der Waals surface area contributed by atoms with Crippen molar-refractivity contribution in [2.24, 2.45) is 0 Å². The first kappa shape index (κ1) is 23.1. The molecule has 0 atom stereocenters. The highest BCUT2D eigenvalue weighted by Crippen LogP contribution is 2.43. The molecule has 3 nitrogen and oxygen atoms in total. The van der Waals surface area contributed by atoms with Crippen LogP contribution in [0.1, 0.15) is 5.56 Å². The summed E-state index contributed by atoms with van der Waals surface area (Å²) >= 11 is 0. The quantitative estimate of drug-likeness (QED) is 0.221. The number of hydrogen-bond donors (Lipinski definition) is 0. The fourth-order valence-electron chi connectivity index (χ4n) is 7.23. The molecule has 0 bridgehead atoms. The molecule has 0 fully saturated rings. The van der Waals surface area contributed by atoms with Crippen molar-refractivity contribution < 1.29 is 4.39 Å². The van der Waals surface area contributed by atoms with Gasteiger partial charge >= 0.3 is 0 Å². The molecular formula is C37H21BFN3. The van der Waals surface area contributed by atoms with Crippen LogP contribution in [0.2, 0.25) is 0 Å². The maximum Gasteiger partial charge on any atom is 0.252 e. The Morgan fingerprint density at radius 2 is 1.38 bits per heavy atom. The molecule has 9 rings (SSSR count). The summed E-state index contributed by atoms with van der Waals surface area (Å²) < 4.78 is 16.7. The number of aromatic nitrogens is 1. The maximum absolute atomic E-state index is 14.3. The van der Waals surface area contributed by atoms with Crippen LogP contribution in [-0.4, -0.2) is 11.3 Å². The number of fused-ring (bicyclic) bond motifs is 7. The van der Waals surface area contributed by atoms with E-state index in [2.05, 4.69) is 119 Å². The van der Waals surface area contributed by atoms with Crippen LogP contribution in [-0.2, 0) is 0 Å². The van der Waals surface area contributed by atoms with Gasteiger partial charge in [0, 0.05) is 39.0 Å². The van der Waals surface area contributed by atoms with Crippen molar-refractivity contribution in [1.82, 2.24) is 4.57 Å². The summed E-state index contributed by atoms with van der Waals surface area (Å²) in [5, 5.41) is 12.4. The standard InChI is InChI=1S/C37H21BFN3/c39-25-17-18-27(24(19-25)22-40)23-20-34-36-35(21-23)42-32-15-6-4-11-28(32)29-12-8-14-31(37(29)42)38(36)30-13-5-7-16-33(30)41(34)26-9-2-1-3-10-26/h1-21H. The third kappa shape index (κ3) is 2.99. The zero-order valence-electron chi connectivity index (χ0n) is 22.4. The Labute approximate surface area is 242 Å². The van der Waals surface area contributed by atoms with Crippen LogP contribution in [0.4, 0.5) is 21.5 Å². The summed E-state index contributed by atoms with van der Waals surface area (Å²) in [6, 6.07) is 45.4. The molecule has 0 saturated carbocycles. The predicted molar refractivity (Wildman–Crippen MR) is 170 cm³/mol. The molecule has 0 N–H and O–H groups in total. The van der Waals surface area contributed by atoms with Gasteiger partial charge in [-0.2, -0.15) is 5.26 Å². The van der Waals surface area contributed by atoms with Crippen molar-refractivity contribution in [3.05, 3.63) is 139 Å². The average Bonchev–Trinajstić information content (AvgIpc) is 3.38. The first-order chi connectivity index (χ1) is 20.7. The Bertz CT molecular complexity index is 2300. The second-order valence-corrected chi connectivity index (χ2v) is 11.0. The van der Waals surface area contributed by atoms with Gasteiger partial charge < -0.3 is 9.47 Å². The lowest BCUT2D eigenvalue weighted by Crippen LogP contribution is -2.60. The van der Waals surface area contributed by atoms with E-state index in [1.54, 1.807) is 6.07 Å². The van der Waals surface area contributed by atoms with E-state index >= 15 is 0 Å². The molecule has 0 aliphatic carbocycles. The zero-order valence-corrected chi connectivity index (χ0v) is 22.4. The Balaban J connectivity index is 1.49. The largest absolute Gasteiger partial charge is 0.311 e. The summed E-state index contributed by atoms with van der Waals surface area (Å²) in [6.07, 6.45) is 0. The Morgan fingerprint density at radius 3 is 2.26 bits per heavy atom. The molecule has 194 valence electrons. The van der Waals surface area contributed by atoms with Gasteiger partial charge in [0.15, 0.2) is 0 Å². The van der Waals surface area contributed by atoms with Gasteiger partial charge in [-0.15, -0.1) is 0 Å². The molecule has 3 heterocycles. The van der Waals surface area contributed by atoms with E-state index in [-0.39, 0.29) is 6.71 Å². The normalized spacial score (nSPS) is 12.8. The lowest BCUT2D eigenvalue weighted by Gasteiger charge is -2.40. The van der Waals surface area contributed by atoms with Crippen molar-refractivity contribution in [3.63, 3.8) is 0 Å². The summed E-state index contributed by atoms with van der Waals surface area (Å²) in [5.74, 6) is -0.415. The van der Waals surface area contributed by atoms with Crippen LogP contribution < -0.4 is 21.3 Å². The Morgan fingerprint density at radius 1 is 0.643 bits per heavy atom. The maximum atomic E-state index is 14.3. The van der Waals surface area contributed by atoms with Crippen LogP contribution in [0.25, 0.3) is 38.6 Å². The van der Waals surface area contributed by atoms with Crippen molar-refractivity contribution in [1.29, 1.82) is 5.26 Å². The van der Waals surface area contributed by atoms with Gasteiger partial charge in [-0.25, -0.2) is 4.39 Å². The molecule has 6 aromatic carbocycles. The van der Waals surface area contributed by atoms with Gasteiger partial charge in [-0.3, -0.25) is 0 Å². The van der Waals surface area contributed by atoms with E-state index in [1.165, 1.54) is 44.8 Å². The number of hydrogen-bond acceptors (Lipinski definition) is 2. The van der Waals surface area contributed by atoms with Crippen molar-refractivity contribution in [2.45, 2.75) is 0 Å². The highest BCUT2D eigenvalue weighted by Gasteiger charge is 2.42. The molecule has 42 heavy (non-hydrogen) atoms. The Kier molecular flexibility index (Phi) is 4.66. The second kappa shape index (κ2) is 8.45. The van der Waals surface area contributed by atoms with Crippen molar-refractivity contribution in [2.75, 3.05) is 4.90 Å². The minimum absolute atomic E-state index is 0.0318. The van der Waals surface area contributed by atoms with Gasteiger partial charge in [0.05, 0.1) is 17.1 Å². The SMILES string of the molecule is N#Cc1cc(F)ccc1-c1cc2c3c(c1)-n1c4ccccc4c4cccc(c41)B3c1ccccc1N2c1ccccc1. The number of rotatable bonds is 2. The Hall–Kier alpha value is -5.60. The number of anilines is 3. The highest BCUT2D eigenvalue weighted by molar-refractivity contribution is 7.00. The molecule has 2 aliphatic rings. The van der Waals surface area contributed by atoms with E-state index in [4.69, 9.17) is 0 Å². The van der Waals surface area contributed by atoms with E-state index < -0.39 is 5.82 Å². The van der Waals surface area contributed by atoms with E-state index in [1.807, 2.05) is 6.07 Å². The smallest absolute Gasteiger partial charge is 0.252 e. The topological polar surface area (TPSA) is 32.0 Å². The van der Waals surface area contributed by atoms with Gasteiger partial charge in [-0.05, 0) is 76.0 Å². The summed E-state index contributed by atoms with van der Waals surface area (Å²) in [4.78, 5) is 2.33. The molecular weight excluding hydrogens is 516 g/mol. The summed E-state index contributed by atoms with van der Waals surface area (Å²) in [5.41, 5.74) is 12.4. The second-order valence-electron chi connectivity index (χ2n) is 11.0. The molecule has 0 radical (unpaired) electrons. The highest BCUT2D eigenvalue weighted by atomic mass is 19.1. The van der Waals surface area contributed by atoms with Crippen LogP contribution in [0.15, 0.2) is 127 Å². The minimum atomic E-state index is -0.415. The number of nitriles is 1. The molecule has 7 aromatic rings. The van der Waals surface area contributed by atoms with Gasteiger partial charge in [0.25, 0.3) is 6.71 Å². The third-order valence-corrected chi connectivity index (χ3v) is 8.86. The molecule has 2 aliphatic heterocycles.